The third-order valence-corrected chi connectivity index (χ3v) is 2.13. The molecular formula is C12H14O4. The van der Waals surface area contributed by atoms with Gasteiger partial charge in [0.15, 0.2) is 6.10 Å². The molecule has 1 atom stereocenters. The van der Waals surface area contributed by atoms with E-state index < -0.39 is 12.1 Å². The molecule has 0 N–H and O–H groups in total. The number of hydrogen-bond acceptors (Lipinski definition) is 4. The number of carbonyl (C=O) groups is 2. The van der Waals surface area contributed by atoms with Crippen molar-refractivity contribution in [3.8, 4) is 5.75 Å². The summed E-state index contributed by atoms with van der Waals surface area (Å²) in [7, 11) is 1.32. The third-order valence-electron chi connectivity index (χ3n) is 2.13. The molecule has 1 aromatic carbocycles. The fraction of sp³-hybridized carbons (Fsp3) is 0.333. The van der Waals surface area contributed by atoms with E-state index in [2.05, 4.69) is 4.74 Å². The monoisotopic (exact) mass is 222 g/mol. The first kappa shape index (κ1) is 12.2. The normalized spacial score (nSPS) is 11.6. The largest absolute Gasteiger partial charge is 0.479 e. The SMILES string of the molecule is CC[C@@H](Oc1ccc(C=O)cc1)C(=O)OC. The standard InChI is InChI=1S/C12H14O4/c1-3-11(12(14)15-2)16-10-6-4-9(8-13)5-7-10/h4-8,11H,3H2,1-2H3/t11-/m1/s1. The van der Waals surface area contributed by atoms with Crippen LogP contribution in [0.5, 0.6) is 5.75 Å². The van der Waals surface area contributed by atoms with Gasteiger partial charge < -0.3 is 9.47 Å². The van der Waals surface area contributed by atoms with Crippen LogP contribution in [0.3, 0.4) is 0 Å². The highest BCUT2D eigenvalue weighted by Gasteiger charge is 2.18. The molecule has 1 rings (SSSR count). The summed E-state index contributed by atoms with van der Waals surface area (Å²) in [5.74, 6) is 0.143. The number of ether oxygens (including phenoxy) is 2. The van der Waals surface area contributed by atoms with E-state index in [0.717, 1.165) is 6.29 Å². The molecule has 0 saturated carbocycles. The molecule has 0 fully saturated rings. The fourth-order valence-corrected chi connectivity index (χ4v) is 1.22. The second kappa shape index (κ2) is 5.90. The van der Waals surface area contributed by atoms with Gasteiger partial charge in [0.2, 0.25) is 0 Å². The second-order valence-electron chi connectivity index (χ2n) is 3.22. The number of carbonyl (C=O) groups excluding carboxylic acids is 2. The molecule has 16 heavy (non-hydrogen) atoms. The second-order valence-corrected chi connectivity index (χ2v) is 3.22. The van der Waals surface area contributed by atoms with Gasteiger partial charge in [0, 0.05) is 5.56 Å². The van der Waals surface area contributed by atoms with Crippen molar-refractivity contribution in [3.63, 3.8) is 0 Å². The highest BCUT2D eigenvalue weighted by molar-refractivity contribution is 5.76. The summed E-state index contributed by atoms with van der Waals surface area (Å²) < 4.78 is 10.0. The Bertz CT molecular complexity index is 356. The van der Waals surface area contributed by atoms with Crippen molar-refractivity contribution in [3.05, 3.63) is 29.8 Å². The van der Waals surface area contributed by atoms with Gasteiger partial charge in [-0.2, -0.15) is 0 Å². The molecule has 4 nitrogen and oxygen atoms in total. The first-order valence-corrected chi connectivity index (χ1v) is 5.01. The first-order valence-electron chi connectivity index (χ1n) is 5.01. The molecule has 0 radical (unpaired) electrons. The molecule has 0 aliphatic carbocycles. The molecule has 0 aliphatic heterocycles. The van der Waals surface area contributed by atoms with Gasteiger partial charge in [0.05, 0.1) is 7.11 Å². The van der Waals surface area contributed by atoms with Crippen LogP contribution in [0.25, 0.3) is 0 Å². The Morgan fingerprint density at radius 2 is 2.00 bits per heavy atom. The molecule has 0 amide bonds. The molecule has 0 bridgehead atoms. The summed E-state index contributed by atoms with van der Waals surface area (Å²) in [6, 6.07) is 6.56. The number of rotatable bonds is 5. The Morgan fingerprint density at radius 3 is 2.44 bits per heavy atom. The van der Waals surface area contributed by atoms with Gasteiger partial charge in [-0.05, 0) is 30.7 Å². The average molecular weight is 222 g/mol. The van der Waals surface area contributed by atoms with E-state index in [1.807, 2.05) is 6.92 Å². The lowest BCUT2D eigenvalue weighted by molar-refractivity contribution is -0.148. The molecule has 4 heteroatoms. The maximum Gasteiger partial charge on any atom is 0.347 e. The zero-order chi connectivity index (χ0) is 12.0. The van der Waals surface area contributed by atoms with Gasteiger partial charge in [0.25, 0.3) is 0 Å². The predicted molar refractivity (Wildman–Crippen MR) is 58.6 cm³/mol. The summed E-state index contributed by atoms with van der Waals surface area (Å²) >= 11 is 0. The van der Waals surface area contributed by atoms with Crippen molar-refractivity contribution >= 4 is 12.3 Å². The maximum absolute atomic E-state index is 11.3. The third kappa shape index (κ3) is 3.08. The van der Waals surface area contributed by atoms with Crippen molar-refractivity contribution < 1.29 is 19.1 Å². The Kier molecular flexibility index (Phi) is 4.51. The number of hydrogen-bond donors (Lipinski definition) is 0. The lowest BCUT2D eigenvalue weighted by atomic mass is 10.2. The van der Waals surface area contributed by atoms with Crippen LogP contribution in [-0.2, 0) is 9.53 Å². The van der Waals surface area contributed by atoms with Crippen LogP contribution in [0.2, 0.25) is 0 Å². The molecule has 0 unspecified atom stereocenters. The van der Waals surface area contributed by atoms with E-state index >= 15 is 0 Å². The van der Waals surface area contributed by atoms with Crippen LogP contribution < -0.4 is 4.74 Å². The van der Waals surface area contributed by atoms with Gasteiger partial charge in [-0.3, -0.25) is 4.79 Å². The minimum absolute atomic E-state index is 0.401. The molecule has 86 valence electrons. The Labute approximate surface area is 94.2 Å². The van der Waals surface area contributed by atoms with Gasteiger partial charge in [0.1, 0.15) is 12.0 Å². The van der Waals surface area contributed by atoms with Crippen LogP contribution in [0.15, 0.2) is 24.3 Å². The fourth-order valence-electron chi connectivity index (χ4n) is 1.22. The van der Waals surface area contributed by atoms with Crippen molar-refractivity contribution in [2.24, 2.45) is 0 Å². The molecule has 0 saturated heterocycles. The zero-order valence-electron chi connectivity index (χ0n) is 9.30. The van der Waals surface area contributed by atoms with E-state index in [1.54, 1.807) is 24.3 Å². The Hall–Kier alpha value is -1.84. The van der Waals surface area contributed by atoms with Crippen LogP contribution in [0.1, 0.15) is 23.7 Å². The topological polar surface area (TPSA) is 52.6 Å². The molecule has 1 aromatic rings. The van der Waals surface area contributed by atoms with Crippen molar-refractivity contribution in [2.45, 2.75) is 19.4 Å². The lowest BCUT2D eigenvalue weighted by Gasteiger charge is -2.14. The van der Waals surface area contributed by atoms with Crippen LogP contribution in [0, 0.1) is 0 Å². The summed E-state index contributed by atoms with van der Waals surface area (Å²) in [4.78, 5) is 21.7. The number of methoxy groups -OCH3 is 1. The summed E-state index contributed by atoms with van der Waals surface area (Å²) in [6.07, 6.45) is 0.677. The summed E-state index contributed by atoms with van der Waals surface area (Å²) in [5, 5.41) is 0. The molecular weight excluding hydrogens is 208 g/mol. The lowest BCUT2D eigenvalue weighted by Crippen LogP contribution is -2.27. The average Bonchev–Trinajstić information content (AvgIpc) is 2.35. The van der Waals surface area contributed by atoms with Gasteiger partial charge in [-0.25, -0.2) is 4.79 Å². The number of aldehydes is 1. The van der Waals surface area contributed by atoms with Gasteiger partial charge in [-0.15, -0.1) is 0 Å². The van der Waals surface area contributed by atoms with Crippen LogP contribution in [0.4, 0.5) is 0 Å². The molecule has 0 aromatic heterocycles. The number of benzene rings is 1. The summed E-state index contributed by atoms with van der Waals surface area (Å²) in [5.41, 5.74) is 0.568. The Morgan fingerprint density at radius 1 is 1.38 bits per heavy atom. The minimum Gasteiger partial charge on any atom is -0.479 e. The summed E-state index contributed by atoms with van der Waals surface area (Å²) in [6.45, 7) is 1.83. The predicted octanol–water partition coefficient (Wildman–Crippen LogP) is 1.83. The van der Waals surface area contributed by atoms with Crippen molar-refractivity contribution in [1.82, 2.24) is 0 Å². The minimum atomic E-state index is -0.605. The van der Waals surface area contributed by atoms with E-state index in [1.165, 1.54) is 7.11 Å². The van der Waals surface area contributed by atoms with E-state index in [9.17, 15) is 9.59 Å². The van der Waals surface area contributed by atoms with E-state index in [-0.39, 0.29) is 0 Å². The smallest absolute Gasteiger partial charge is 0.347 e. The highest BCUT2D eigenvalue weighted by atomic mass is 16.6. The quantitative estimate of drug-likeness (QED) is 0.563. The highest BCUT2D eigenvalue weighted by Crippen LogP contribution is 2.14. The van der Waals surface area contributed by atoms with Gasteiger partial charge in [-0.1, -0.05) is 6.92 Å². The van der Waals surface area contributed by atoms with Crippen LogP contribution in [-0.4, -0.2) is 25.5 Å². The molecule has 0 aliphatic rings. The molecule has 0 heterocycles. The van der Waals surface area contributed by atoms with Crippen LogP contribution >= 0.6 is 0 Å². The van der Waals surface area contributed by atoms with Crippen molar-refractivity contribution in [2.75, 3.05) is 7.11 Å². The number of esters is 1. The Balaban J connectivity index is 2.70. The van der Waals surface area contributed by atoms with E-state index in [0.29, 0.717) is 17.7 Å². The zero-order valence-corrected chi connectivity index (χ0v) is 9.30. The molecule has 0 spiro atoms. The maximum atomic E-state index is 11.3. The van der Waals surface area contributed by atoms with E-state index in [4.69, 9.17) is 4.74 Å². The van der Waals surface area contributed by atoms with Gasteiger partial charge >= 0.3 is 5.97 Å². The first-order chi connectivity index (χ1) is 7.71. The van der Waals surface area contributed by atoms with Crippen molar-refractivity contribution in [1.29, 1.82) is 0 Å².